The van der Waals surface area contributed by atoms with Gasteiger partial charge >= 0.3 is 6.09 Å². The Morgan fingerprint density at radius 3 is 2.92 bits per heavy atom. The number of amides is 2. The molecule has 1 aliphatic rings. The Labute approximate surface area is 152 Å². The highest BCUT2D eigenvalue weighted by Crippen LogP contribution is 2.36. The molecule has 0 radical (unpaired) electrons. The molecule has 0 saturated heterocycles. The number of hydrogen-bond donors (Lipinski definition) is 2. The summed E-state index contributed by atoms with van der Waals surface area (Å²) in [5.74, 6) is -0.307. The van der Waals surface area contributed by atoms with Gasteiger partial charge in [0.2, 0.25) is 5.91 Å². The number of nitrogens with zero attached hydrogens (tertiary/aromatic N) is 2. The van der Waals surface area contributed by atoms with Crippen LogP contribution in [-0.2, 0) is 17.8 Å². The predicted molar refractivity (Wildman–Crippen MR) is 97.9 cm³/mol. The molecule has 8 heteroatoms. The van der Waals surface area contributed by atoms with Crippen molar-refractivity contribution in [3.63, 3.8) is 0 Å². The van der Waals surface area contributed by atoms with Crippen LogP contribution in [-0.4, -0.2) is 28.6 Å². The van der Waals surface area contributed by atoms with Gasteiger partial charge < -0.3 is 15.3 Å². The van der Waals surface area contributed by atoms with Crippen molar-refractivity contribution in [3.8, 4) is 6.07 Å². The van der Waals surface area contributed by atoms with Crippen molar-refractivity contribution in [2.75, 3.05) is 11.9 Å². The van der Waals surface area contributed by atoms with Crippen molar-refractivity contribution in [3.05, 3.63) is 44.0 Å². The van der Waals surface area contributed by atoms with Crippen LogP contribution in [0.4, 0.5) is 9.80 Å². The summed E-state index contributed by atoms with van der Waals surface area (Å²) in [4.78, 5) is 26.4. The number of carboxylic acid groups (broad SMARTS) is 1. The number of fused-ring (bicyclic) bond motifs is 1. The van der Waals surface area contributed by atoms with E-state index in [-0.39, 0.29) is 12.5 Å². The molecule has 0 fully saturated rings. The zero-order valence-electron chi connectivity index (χ0n) is 13.4. The minimum Gasteiger partial charge on any atom is -0.465 e. The summed E-state index contributed by atoms with van der Waals surface area (Å²) in [5.41, 5.74) is 2.39. The summed E-state index contributed by atoms with van der Waals surface area (Å²) in [7, 11) is 0. The van der Waals surface area contributed by atoms with Crippen LogP contribution in [0.2, 0.25) is 0 Å². The van der Waals surface area contributed by atoms with Gasteiger partial charge in [-0.05, 0) is 42.0 Å². The number of carbonyl (C=O) groups is 2. The van der Waals surface area contributed by atoms with Crippen molar-refractivity contribution in [2.24, 2.45) is 0 Å². The molecule has 0 aromatic carbocycles. The maximum Gasteiger partial charge on any atom is 0.407 e. The molecule has 6 nitrogen and oxygen atoms in total. The predicted octanol–water partition coefficient (Wildman–Crippen LogP) is 3.68. The number of nitriles is 1. The Morgan fingerprint density at radius 1 is 1.48 bits per heavy atom. The Bertz CT molecular complexity index is 905. The van der Waals surface area contributed by atoms with Crippen molar-refractivity contribution in [1.29, 1.82) is 5.26 Å². The quantitative estimate of drug-likeness (QED) is 0.803. The van der Waals surface area contributed by atoms with E-state index < -0.39 is 6.09 Å². The van der Waals surface area contributed by atoms with Crippen molar-refractivity contribution in [1.82, 2.24) is 4.90 Å². The van der Waals surface area contributed by atoms with Gasteiger partial charge in [0.1, 0.15) is 11.1 Å². The lowest BCUT2D eigenvalue weighted by Crippen LogP contribution is -2.34. The highest BCUT2D eigenvalue weighted by atomic mass is 32.1. The van der Waals surface area contributed by atoms with Crippen LogP contribution in [0.5, 0.6) is 0 Å². The molecule has 2 N–H and O–H groups in total. The lowest BCUT2D eigenvalue weighted by molar-refractivity contribution is -0.111. The Kier molecular flexibility index (Phi) is 4.88. The second kappa shape index (κ2) is 7.09. The zero-order valence-corrected chi connectivity index (χ0v) is 15.0. The van der Waals surface area contributed by atoms with Crippen LogP contribution in [0.1, 0.15) is 26.4 Å². The molecule has 25 heavy (non-hydrogen) atoms. The van der Waals surface area contributed by atoms with Gasteiger partial charge in [-0.15, -0.1) is 22.7 Å². The van der Waals surface area contributed by atoms with Gasteiger partial charge in [-0.2, -0.15) is 5.26 Å². The van der Waals surface area contributed by atoms with Gasteiger partial charge in [-0.25, -0.2) is 4.79 Å². The van der Waals surface area contributed by atoms with Gasteiger partial charge in [0.25, 0.3) is 0 Å². The van der Waals surface area contributed by atoms with Crippen molar-refractivity contribution in [2.45, 2.75) is 19.9 Å². The van der Waals surface area contributed by atoms with E-state index in [1.165, 1.54) is 22.3 Å². The van der Waals surface area contributed by atoms with E-state index in [0.29, 0.717) is 23.5 Å². The Balaban J connectivity index is 1.78. The third-order valence-corrected chi connectivity index (χ3v) is 6.08. The van der Waals surface area contributed by atoms with Crippen LogP contribution in [0.15, 0.2) is 17.5 Å². The molecular formula is C17H15N3O3S2. The Morgan fingerprint density at radius 2 is 2.28 bits per heavy atom. The average Bonchev–Trinajstić information content (AvgIpc) is 3.14. The fraction of sp³-hybridized carbons (Fsp3) is 0.235. The van der Waals surface area contributed by atoms with E-state index in [1.54, 1.807) is 17.4 Å². The number of carbonyl (C=O) groups excluding carboxylic acids is 1. The molecule has 3 heterocycles. The number of thiophene rings is 2. The number of anilines is 1. The largest absolute Gasteiger partial charge is 0.465 e. The van der Waals surface area contributed by atoms with E-state index in [0.717, 1.165) is 20.9 Å². The van der Waals surface area contributed by atoms with Crippen molar-refractivity contribution < 1.29 is 14.7 Å². The number of hydrogen-bond acceptors (Lipinski definition) is 5. The first-order valence-corrected chi connectivity index (χ1v) is 9.25. The number of nitrogens with one attached hydrogen (secondary N) is 1. The van der Waals surface area contributed by atoms with Gasteiger partial charge in [0, 0.05) is 22.4 Å². The molecule has 2 aromatic heterocycles. The molecule has 0 atom stereocenters. The van der Waals surface area contributed by atoms with Crippen LogP contribution in [0.3, 0.4) is 0 Å². The lowest BCUT2D eigenvalue weighted by atomic mass is 10.0. The van der Waals surface area contributed by atoms with Crippen LogP contribution in [0.25, 0.3) is 6.08 Å². The molecule has 0 bridgehead atoms. The van der Waals surface area contributed by atoms with E-state index >= 15 is 0 Å². The monoisotopic (exact) mass is 373 g/mol. The minimum absolute atomic E-state index is 0.254. The first-order chi connectivity index (χ1) is 12.0. The maximum atomic E-state index is 12.2. The van der Waals surface area contributed by atoms with Gasteiger partial charge in [0.05, 0.1) is 12.1 Å². The normalized spacial score (nSPS) is 13.5. The highest BCUT2D eigenvalue weighted by Gasteiger charge is 2.27. The highest BCUT2D eigenvalue weighted by molar-refractivity contribution is 7.16. The number of rotatable bonds is 3. The van der Waals surface area contributed by atoms with Crippen LogP contribution >= 0.6 is 22.7 Å². The molecule has 0 aliphatic carbocycles. The summed E-state index contributed by atoms with van der Waals surface area (Å²) in [6, 6.07) is 4.12. The molecule has 3 rings (SSSR count). The maximum absolute atomic E-state index is 12.2. The molecular weight excluding hydrogens is 358 g/mol. The summed E-state index contributed by atoms with van der Waals surface area (Å²) in [6.45, 7) is 2.59. The molecule has 0 unspecified atom stereocenters. The molecule has 1 aliphatic heterocycles. The summed E-state index contributed by atoms with van der Waals surface area (Å²) < 4.78 is 0. The second-order valence-electron chi connectivity index (χ2n) is 5.56. The first kappa shape index (κ1) is 17.2. The second-order valence-corrected chi connectivity index (χ2v) is 7.62. The topological polar surface area (TPSA) is 93.4 Å². The third kappa shape index (κ3) is 3.57. The molecule has 2 amide bonds. The molecule has 128 valence electrons. The van der Waals surface area contributed by atoms with Gasteiger partial charge in [0.15, 0.2) is 0 Å². The smallest absolute Gasteiger partial charge is 0.407 e. The molecule has 2 aromatic rings. The fourth-order valence-corrected chi connectivity index (χ4v) is 4.67. The van der Waals surface area contributed by atoms with Crippen LogP contribution < -0.4 is 5.32 Å². The van der Waals surface area contributed by atoms with E-state index in [2.05, 4.69) is 11.4 Å². The standard InChI is InChI=1S/C17H15N3O3S2/c1-10-5-7-24-13(10)2-3-15(21)19-16-12(8-18)11-4-6-20(17(22)23)9-14(11)25-16/h2-3,5,7H,4,6,9H2,1H3,(H,19,21)(H,22,23). The molecule has 0 spiro atoms. The third-order valence-electron chi connectivity index (χ3n) is 3.96. The minimum atomic E-state index is -0.975. The SMILES string of the molecule is Cc1ccsc1C=CC(=O)Nc1sc2c(c1C#N)CCN(C(=O)O)C2. The van der Waals surface area contributed by atoms with Crippen LogP contribution in [0, 0.1) is 18.3 Å². The Hall–Kier alpha value is -2.63. The molecule has 0 saturated carbocycles. The zero-order chi connectivity index (χ0) is 18.0. The average molecular weight is 373 g/mol. The first-order valence-electron chi connectivity index (χ1n) is 7.55. The van der Waals surface area contributed by atoms with Gasteiger partial charge in [-0.3, -0.25) is 4.79 Å². The fourth-order valence-electron chi connectivity index (χ4n) is 2.63. The van der Waals surface area contributed by atoms with E-state index in [1.807, 2.05) is 18.4 Å². The summed E-state index contributed by atoms with van der Waals surface area (Å²) in [5, 5.41) is 23.7. The lowest BCUT2D eigenvalue weighted by Gasteiger charge is -2.23. The number of aryl methyl sites for hydroxylation is 1. The summed E-state index contributed by atoms with van der Waals surface area (Å²) >= 11 is 2.82. The van der Waals surface area contributed by atoms with Gasteiger partial charge in [-0.1, -0.05) is 0 Å². The van der Waals surface area contributed by atoms with E-state index in [9.17, 15) is 14.9 Å². The van der Waals surface area contributed by atoms with E-state index in [4.69, 9.17) is 5.11 Å². The summed E-state index contributed by atoms with van der Waals surface area (Å²) in [6.07, 6.45) is 2.71. The van der Waals surface area contributed by atoms with Crippen molar-refractivity contribution >= 4 is 45.8 Å².